The molecule has 0 radical (unpaired) electrons. The Morgan fingerprint density at radius 3 is 2.59 bits per heavy atom. The molecule has 6 nitrogen and oxygen atoms in total. The van der Waals surface area contributed by atoms with Crippen LogP contribution in [0.1, 0.15) is 18.4 Å². The normalized spacial score (nSPS) is 16.0. The summed E-state index contributed by atoms with van der Waals surface area (Å²) in [6.07, 6.45) is 7.02. The monoisotopic (exact) mass is 318 g/mol. The summed E-state index contributed by atoms with van der Waals surface area (Å²) >= 11 is 0. The lowest BCUT2D eigenvalue weighted by molar-refractivity contribution is 0.464. The van der Waals surface area contributed by atoms with Crippen LogP contribution in [0.5, 0.6) is 0 Å². The van der Waals surface area contributed by atoms with E-state index in [1.54, 1.807) is 18.6 Å². The van der Waals surface area contributed by atoms with E-state index in [4.69, 9.17) is 0 Å². The summed E-state index contributed by atoms with van der Waals surface area (Å²) in [5.41, 5.74) is 2.58. The van der Waals surface area contributed by atoms with Crippen LogP contribution in [-0.2, 0) is 16.8 Å². The molecule has 2 aromatic rings. The van der Waals surface area contributed by atoms with E-state index in [0.717, 1.165) is 29.7 Å². The molecule has 7 heteroatoms. The average Bonchev–Trinajstić information content (AvgIpc) is 3.10. The summed E-state index contributed by atoms with van der Waals surface area (Å²) < 4.78 is 28.3. The van der Waals surface area contributed by atoms with Crippen molar-refractivity contribution in [2.45, 2.75) is 19.4 Å². The van der Waals surface area contributed by atoms with Crippen molar-refractivity contribution in [3.05, 3.63) is 48.4 Å². The van der Waals surface area contributed by atoms with Crippen molar-refractivity contribution >= 4 is 10.2 Å². The lowest BCUT2D eigenvalue weighted by Crippen LogP contribution is -2.38. The summed E-state index contributed by atoms with van der Waals surface area (Å²) in [4.78, 5) is 8.42. The topological polar surface area (TPSA) is 75.2 Å². The van der Waals surface area contributed by atoms with Gasteiger partial charge >= 0.3 is 0 Å². The fourth-order valence-electron chi connectivity index (χ4n) is 2.41. The number of nitrogens with one attached hydrogen (secondary N) is 1. The lowest BCUT2D eigenvalue weighted by Gasteiger charge is -2.16. The van der Waals surface area contributed by atoms with Gasteiger partial charge in [0.25, 0.3) is 10.2 Å². The van der Waals surface area contributed by atoms with Crippen molar-refractivity contribution in [3.8, 4) is 11.3 Å². The minimum atomic E-state index is -3.37. The molecule has 3 rings (SSSR count). The van der Waals surface area contributed by atoms with Crippen molar-refractivity contribution < 1.29 is 8.42 Å². The highest BCUT2D eigenvalue weighted by Gasteiger charge is 2.24. The van der Waals surface area contributed by atoms with Gasteiger partial charge in [0.1, 0.15) is 0 Å². The van der Waals surface area contributed by atoms with Gasteiger partial charge in [0, 0.05) is 43.8 Å². The zero-order valence-electron chi connectivity index (χ0n) is 12.1. The van der Waals surface area contributed by atoms with Crippen molar-refractivity contribution in [2.75, 3.05) is 13.1 Å². The molecule has 0 aromatic carbocycles. The maximum atomic E-state index is 12.1. The van der Waals surface area contributed by atoms with Crippen LogP contribution in [-0.4, -0.2) is 35.8 Å². The van der Waals surface area contributed by atoms with E-state index in [-0.39, 0.29) is 6.54 Å². The molecule has 0 spiro atoms. The molecule has 0 aliphatic carbocycles. The molecule has 0 saturated carbocycles. The Balaban J connectivity index is 1.64. The van der Waals surface area contributed by atoms with Gasteiger partial charge in [0.05, 0.1) is 5.69 Å². The first kappa shape index (κ1) is 15.1. The molecule has 116 valence electrons. The molecule has 0 atom stereocenters. The summed E-state index contributed by atoms with van der Waals surface area (Å²) in [7, 11) is -3.37. The summed E-state index contributed by atoms with van der Waals surface area (Å²) in [6, 6.07) is 7.54. The Morgan fingerprint density at radius 1 is 1.14 bits per heavy atom. The van der Waals surface area contributed by atoms with Crippen LogP contribution in [0.4, 0.5) is 0 Å². The van der Waals surface area contributed by atoms with Crippen LogP contribution in [0, 0.1) is 0 Å². The number of aromatic nitrogens is 2. The van der Waals surface area contributed by atoms with Gasteiger partial charge in [-0.25, -0.2) is 0 Å². The lowest BCUT2D eigenvalue weighted by atomic mass is 10.1. The van der Waals surface area contributed by atoms with E-state index >= 15 is 0 Å². The highest BCUT2D eigenvalue weighted by molar-refractivity contribution is 7.87. The first-order chi connectivity index (χ1) is 10.6. The first-order valence-electron chi connectivity index (χ1n) is 7.25. The third-order valence-electron chi connectivity index (χ3n) is 3.65. The Morgan fingerprint density at radius 2 is 1.95 bits per heavy atom. The standard InChI is InChI=1S/C15H18N4O2S/c20-22(21,19-8-1-2-9-19)18-11-13-5-6-15(17-10-13)14-4-3-7-16-12-14/h3-7,10,12,18H,1-2,8-9,11H2. The maximum Gasteiger partial charge on any atom is 0.279 e. The highest BCUT2D eigenvalue weighted by atomic mass is 32.2. The summed E-state index contributed by atoms with van der Waals surface area (Å²) in [5, 5.41) is 0. The van der Waals surface area contributed by atoms with E-state index in [1.807, 2.05) is 24.3 Å². The molecule has 1 N–H and O–H groups in total. The molecule has 2 aromatic heterocycles. The number of hydrogen-bond acceptors (Lipinski definition) is 4. The molecular formula is C15H18N4O2S. The molecule has 0 bridgehead atoms. The fourth-order valence-corrected chi connectivity index (χ4v) is 3.68. The van der Waals surface area contributed by atoms with Gasteiger partial charge in [-0.05, 0) is 36.6 Å². The van der Waals surface area contributed by atoms with Crippen LogP contribution in [0.3, 0.4) is 0 Å². The molecule has 1 saturated heterocycles. The largest absolute Gasteiger partial charge is 0.279 e. The van der Waals surface area contributed by atoms with E-state index in [1.165, 1.54) is 4.31 Å². The van der Waals surface area contributed by atoms with Gasteiger partial charge in [-0.3, -0.25) is 9.97 Å². The highest BCUT2D eigenvalue weighted by Crippen LogP contribution is 2.16. The molecule has 1 aliphatic rings. The Bertz CT molecular complexity index is 711. The SMILES string of the molecule is O=S(=O)(NCc1ccc(-c2cccnc2)nc1)N1CCCC1. The third kappa shape index (κ3) is 3.49. The van der Waals surface area contributed by atoms with Crippen molar-refractivity contribution in [3.63, 3.8) is 0 Å². The first-order valence-corrected chi connectivity index (χ1v) is 8.69. The van der Waals surface area contributed by atoms with Crippen LogP contribution in [0.15, 0.2) is 42.9 Å². The smallest absolute Gasteiger partial charge is 0.264 e. The second-order valence-corrected chi connectivity index (χ2v) is 6.98. The Hall–Kier alpha value is -1.83. The number of rotatable bonds is 5. The number of nitrogens with zero attached hydrogens (tertiary/aromatic N) is 3. The summed E-state index contributed by atoms with van der Waals surface area (Å²) in [5.74, 6) is 0. The molecule has 1 aliphatic heterocycles. The number of pyridine rings is 2. The Kier molecular flexibility index (Phi) is 4.47. The quantitative estimate of drug-likeness (QED) is 0.908. The minimum absolute atomic E-state index is 0.249. The van der Waals surface area contributed by atoms with Gasteiger partial charge in [-0.2, -0.15) is 17.4 Å². The molecule has 22 heavy (non-hydrogen) atoms. The number of hydrogen-bond donors (Lipinski definition) is 1. The second kappa shape index (κ2) is 6.51. The maximum absolute atomic E-state index is 12.1. The van der Waals surface area contributed by atoms with E-state index in [0.29, 0.717) is 13.1 Å². The third-order valence-corrected chi connectivity index (χ3v) is 5.20. The summed E-state index contributed by atoms with van der Waals surface area (Å²) in [6.45, 7) is 1.46. The second-order valence-electron chi connectivity index (χ2n) is 5.23. The van der Waals surface area contributed by atoms with Crippen molar-refractivity contribution in [2.24, 2.45) is 0 Å². The zero-order chi connectivity index (χ0) is 15.4. The van der Waals surface area contributed by atoms with Gasteiger partial charge in [0.2, 0.25) is 0 Å². The molecular weight excluding hydrogens is 300 g/mol. The van der Waals surface area contributed by atoms with Crippen LogP contribution < -0.4 is 4.72 Å². The van der Waals surface area contributed by atoms with E-state index in [9.17, 15) is 8.42 Å². The minimum Gasteiger partial charge on any atom is -0.264 e. The zero-order valence-corrected chi connectivity index (χ0v) is 13.0. The molecule has 3 heterocycles. The van der Waals surface area contributed by atoms with E-state index < -0.39 is 10.2 Å². The van der Waals surface area contributed by atoms with Gasteiger partial charge in [-0.15, -0.1) is 0 Å². The van der Waals surface area contributed by atoms with Crippen molar-refractivity contribution in [1.82, 2.24) is 19.0 Å². The van der Waals surface area contributed by atoms with Gasteiger partial charge < -0.3 is 0 Å². The predicted molar refractivity (Wildman–Crippen MR) is 84.0 cm³/mol. The van der Waals surface area contributed by atoms with Gasteiger partial charge in [0.15, 0.2) is 0 Å². The predicted octanol–water partition coefficient (Wildman–Crippen LogP) is 1.57. The Labute approximate surface area is 130 Å². The van der Waals surface area contributed by atoms with Gasteiger partial charge in [-0.1, -0.05) is 6.07 Å². The van der Waals surface area contributed by atoms with Crippen LogP contribution >= 0.6 is 0 Å². The fraction of sp³-hybridized carbons (Fsp3) is 0.333. The van der Waals surface area contributed by atoms with Crippen molar-refractivity contribution in [1.29, 1.82) is 0 Å². The van der Waals surface area contributed by atoms with Crippen LogP contribution in [0.2, 0.25) is 0 Å². The average molecular weight is 318 g/mol. The van der Waals surface area contributed by atoms with Crippen LogP contribution in [0.25, 0.3) is 11.3 Å². The van der Waals surface area contributed by atoms with E-state index in [2.05, 4.69) is 14.7 Å². The molecule has 0 amide bonds. The molecule has 0 unspecified atom stereocenters. The molecule has 1 fully saturated rings.